The molecule has 0 radical (unpaired) electrons. The molecule has 9 nitrogen and oxygen atoms in total. The van der Waals surface area contributed by atoms with E-state index in [1.807, 2.05) is 72.8 Å². The van der Waals surface area contributed by atoms with E-state index < -0.39 is 12.3 Å². The molecule has 3 aromatic carbocycles. The first-order valence-electron chi connectivity index (χ1n) is 15.9. The van der Waals surface area contributed by atoms with Gasteiger partial charge in [0.1, 0.15) is 0 Å². The van der Waals surface area contributed by atoms with Crippen molar-refractivity contribution in [1.82, 2.24) is 10.2 Å². The summed E-state index contributed by atoms with van der Waals surface area (Å²) in [5.41, 5.74) is 5.74. The molecule has 45 heavy (non-hydrogen) atoms. The SMILES string of the molecule is C[C@@H]1[C@H](CN2CCC[C@H]2CO)O[C@H](c2ccc(-c3ccccc3CNC(=O)CCCC(=O)O)cc2)O[C@@H]1c1ccc(CO)cc1. The van der Waals surface area contributed by atoms with Crippen LogP contribution in [-0.4, -0.2) is 63.9 Å². The van der Waals surface area contributed by atoms with Crippen molar-refractivity contribution in [1.29, 1.82) is 0 Å². The Morgan fingerprint density at radius 2 is 1.67 bits per heavy atom. The number of carbonyl (C=O) groups is 2. The van der Waals surface area contributed by atoms with E-state index in [1.54, 1.807) is 0 Å². The summed E-state index contributed by atoms with van der Waals surface area (Å²) in [6, 6.07) is 24.1. The topological polar surface area (TPSA) is 129 Å². The van der Waals surface area contributed by atoms with E-state index in [0.29, 0.717) is 19.5 Å². The summed E-state index contributed by atoms with van der Waals surface area (Å²) in [7, 11) is 0. The van der Waals surface area contributed by atoms with Gasteiger partial charge in [0, 0.05) is 43.5 Å². The fraction of sp³-hybridized carbons (Fsp3) is 0.444. The molecule has 2 saturated heterocycles. The van der Waals surface area contributed by atoms with E-state index in [4.69, 9.17) is 14.6 Å². The number of carboxylic acid groups (broad SMARTS) is 1. The number of benzene rings is 3. The molecule has 0 unspecified atom stereocenters. The van der Waals surface area contributed by atoms with Gasteiger partial charge in [-0.3, -0.25) is 14.5 Å². The Labute approximate surface area is 264 Å². The second kappa shape index (κ2) is 15.6. The molecule has 0 saturated carbocycles. The van der Waals surface area contributed by atoms with Crippen LogP contribution in [0.3, 0.4) is 0 Å². The molecule has 4 N–H and O–H groups in total. The molecule has 2 aliphatic rings. The Kier molecular flexibility index (Phi) is 11.4. The zero-order chi connectivity index (χ0) is 31.8. The van der Waals surface area contributed by atoms with Gasteiger partial charge in [0.15, 0.2) is 6.29 Å². The molecule has 0 spiro atoms. The number of aliphatic hydroxyl groups is 2. The number of aliphatic hydroxyl groups excluding tert-OH is 2. The maximum absolute atomic E-state index is 12.3. The molecule has 240 valence electrons. The molecule has 2 aliphatic heterocycles. The van der Waals surface area contributed by atoms with Crippen LogP contribution in [0.25, 0.3) is 11.1 Å². The first kappa shape index (κ1) is 32.8. The third-order valence-electron chi connectivity index (χ3n) is 9.03. The van der Waals surface area contributed by atoms with Crippen LogP contribution in [0.4, 0.5) is 0 Å². The van der Waals surface area contributed by atoms with Gasteiger partial charge in [-0.25, -0.2) is 0 Å². The molecule has 0 aromatic heterocycles. The van der Waals surface area contributed by atoms with Gasteiger partial charge >= 0.3 is 5.97 Å². The number of aliphatic carboxylic acids is 1. The second-order valence-electron chi connectivity index (χ2n) is 12.1. The van der Waals surface area contributed by atoms with E-state index in [0.717, 1.165) is 52.8 Å². The number of ether oxygens (including phenoxy) is 2. The lowest BCUT2D eigenvalue weighted by atomic mass is 9.89. The molecule has 9 heteroatoms. The molecule has 3 aromatic rings. The van der Waals surface area contributed by atoms with Crippen molar-refractivity contribution in [3.63, 3.8) is 0 Å². The van der Waals surface area contributed by atoms with Crippen LogP contribution in [-0.2, 0) is 32.2 Å². The molecule has 2 fully saturated rings. The lowest BCUT2D eigenvalue weighted by Gasteiger charge is -2.43. The van der Waals surface area contributed by atoms with E-state index in [2.05, 4.69) is 17.1 Å². The number of nitrogens with one attached hydrogen (secondary N) is 1. The lowest BCUT2D eigenvalue weighted by Crippen LogP contribution is -2.46. The summed E-state index contributed by atoms with van der Waals surface area (Å²) in [5.74, 6) is -1.01. The Bertz CT molecular complexity index is 1410. The van der Waals surface area contributed by atoms with Crippen molar-refractivity contribution in [2.75, 3.05) is 19.7 Å². The van der Waals surface area contributed by atoms with Gasteiger partial charge in [-0.15, -0.1) is 0 Å². The van der Waals surface area contributed by atoms with Crippen LogP contribution in [0.15, 0.2) is 72.8 Å². The number of amides is 1. The minimum Gasteiger partial charge on any atom is -0.481 e. The van der Waals surface area contributed by atoms with Crippen LogP contribution in [0.2, 0.25) is 0 Å². The van der Waals surface area contributed by atoms with Gasteiger partial charge in [-0.2, -0.15) is 0 Å². The third kappa shape index (κ3) is 8.36. The quantitative estimate of drug-likeness (QED) is 0.212. The molecular weight excluding hydrogens is 572 g/mol. The average Bonchev–Trinajstić information content (AvgIpc) is 3.52. The molecule has 1 amide bonds. The number of hydrogen-bond acceptors (Lipinski definition) is 7. The Morgan fingerprint density at radius 3 is 2.38 bits per heavy atom. The summed E-state index contributed by atoms with van der Waals surface area (Å²) < 4.78 is 13.3. The highest BCUT2D eigenvalue weighted by Crippen LogP contribution is 2.42. The molecule has 0 aliphatic carbocycles. The van der Waals surface area contributed by atoms with Crippen molar-refractivity contribution >= 4 is 11.9 Å². The minimum absolute atomic E-state index is 0.0120. The highest BCUT2D eigenvalue weighted by Gasteiger charge is 2.40. The number of carbonyl (C=O) groups excluding carboxylic acids is 1. The number of hydrogen-bond donors (Lipinski definition) is 4. The van der Waals surface area contributed by atoms with Crippen LogP contribution in [0.5, 0.6) is 0 Å². The van der Waals surface area contributed by atoms with E-state index in [-0.39, 0.29) is 56.1 Å². The van der Waals surface area contributed by atoms with Crippen LogP contribution in [0, 0.1) is 5.92 Å². The minimum atomic E-state index is -0.903. The predicted molar refractivity (Wildman–Crippen MR) is 170 cm³/mol. The average molecular weight is 617 g/mol. The van der Waals surface area contributed by atoms with Crippen molar-refractivity contribution in [2.45, 2.75) is 76.7 Å². The monoisotopic (exact) mass is 616 g/mol. The largest absolute Gasteiger partial charge is 0.481 e. The van der Waals surface area contributed by atoms with Crippen molar-refractivity contribution < 1.29 is 34.4 Å². The zero-order valence-corrected chi connectivity index (χ0v) is 25.8. The number of rotatable bonds is 13. The summed E-state index contributed by atoms with van der Waals surface area (Å²) in [4.78, 5) is 25.3. The summed E-state index contributed by atoms with van der Waals surface area (Å²) in [6.45, 7) is 4.29. The second-order valence-corrected chi connectivity index (χ2v) is 12.1. The van der Waals surface area contributed by atoms with Crippen molar-refractivity contribution in [2.24, 2.45) is 5.92 Å². The van der Waals surface area contributed by atoms with Gasteiger partial charge in [0.05, 0.1) is 25.4 Å². The summed E-state index contributed by atoms with van der Waals surface area (Å²) in [6.07, 6.45) is 1.60. The smallest absolute Gasteiger partial charge is 0.303 e. The molecule has 0 bridgehead atoms. The fourth-order valence-corrected chi connectivity index (χ4v) is 6.36. The van der Waals surface area contributed by atoms with Crippen molar-refractivity contribution in [3.8, 4) is 11.1 Å². The number of carboxylic acids is 1. The third-order valence-corrected chi connectivity index (χ3v) is 9.03. The first-order chi connectivity index (χ1) is 21.9. The van der Waals surface area contributed by atoms with E-state index >= 15 is 0 Å². The highest BCUT2D eigenvalue weighted by molar-refractivity contribution is 5.77. The summed E-state index contributed by atoms with van der Waals surface area (Å²) >= 11 is 0. The highest BCUT2D eigenvalue weighted by atomic mass is 16.7. The van der Waals surface area contributed by atoms with Crippen LogP contribution < -0.4 is 5.32 Å². The predicted octanol–water partition coefficient (Wildman–Crippen LogP) is 4.97. The van der Waals surface area contributed by atoms with Crippen LogP contribution in [0.1, 0.15) is 73.7 Å². The standard InChI is InChI=1S/C36H44N2O7/c1-24-32(21-38-19-5-7-30(38)23-40)44-36(45-35(24)27-13-11-25(22-39)12-14-27)28-17-15-26(16-18-28)31-8-3-2-6-29(31)20-37-33(41)9-4-10-34(42)43/h2-3,6,8,11-18,24,30,32,35-36,39-40H,4-5,7,9-10,19-23H2,1H3,(H,37,41)(H,42,43)/t24-,30+,32+,35+,36+/m1/s1. The van der Waals surface area contributed by atoms with Gasteiger partial charge in [-0.05, 0) is 53.6 Å². The molecule has 5 rings (SSSR count). The van der Waals surface area contributed by atoms with Gasteiger partial charge in [0.2, 0.25) is 5.91 Å². The van der Waals surface area contributed by atoms with Crippen LogP contribution >= 0.6 is 0 Å². The zero-order valence-electron chi connectivity index (χ0n) is 25.8. The fourth-order valence-electron chi connectivity index (χ4n) is 6.36. The Hall–Kier alpha value is -3.60. The maximum atomic E-state index is 12.3. The van der Waals surface area contributed by atoms with E-state index in [9.17, 15) is 19.8 Å². The molecule has 5 atom stereocenters. The van der Waals surface area contributed by atoms with Gasteiger partial charge in [0.25, 0.3) is 0 Å². The maximum Gasteiger partial charge on any atom is 0.303 e. The normalized spacial score (nSPS) is 23.6. The summed E-state index contributed by atoms with van der Waals surface area (Å²) in [5, 5.41) is 31.2. The Morgan fingerprint density at radius 1 is 0.933 bits per heavy atom. The van der Waals surface area contributed by atoms with E-state index in [1.165, 1.54) is 0 Å². The van der Waals surface area contributed by atoms with Gasteiger partial charge < -0.3 is 30.1 Å². The lowest BCUT2D eigenvalue weighted by molar-refractivity contribution is -0.276. The van der Waals surface area contributed by atoms with Gasteiger partial charge in [-0.1, -0.05) is 79.7 Å². The first-order valence-corrected chi connectivity index (χ1v) is 15.9. The Balaban J connectivity index is 1.33. The molecule has 2 heterocycles. The molecular formula is C36H44N2O7. The number of likely N-dealkylation sites (tertiary alicyclic amines) is 1. The van der Waals surface area contributed by atoms with Crippen molar-refractivity contribution in [3.05, 3.63) is 95.1 Å². The number of nitrogens with zero attached hydrogens (tertiary/aromatic N) is 1.